The number of rotatable bonds is 10. The predicted octanol–water partition coefficient (Wildman–Crippen LogP) is 4.06. The zero-order valence-electron chi connectivity index (χ0n) is 16.0. The number of anilines is 1. The number of aromatic nitrogens is 2. The van der Waals surface area contributed by atoms with E-state index in [1.54, 1.807) is 27.7 Å². The Kier molecular flexibility index (Phi) is 7.10. The van der Waals surface area contributed by atoms with Crippen molar-refractivity contribution in [1.82, 2.24) is 9.97 Å². The molecule has 0 aliphatic heterocycles. The summed E-state index contributed by atoms with van der Waals surface area (Å²) in [6, 6.07) is 1.94. The molecular weight excluding hydrogens is 318 g/mol. The Balaban J connectivity index is 2.62. The Morgan fingerprint density at radius 3 is 2.04 bits per heavy atom. The average molecular weight is 347 g/mol. The second kappa shape index (κ2) is 9.30. The van der Waals surface area contributed by atoms with Gasteiger partial charge in [0, 0.05) is 13.1 Å². The Labute approximate surface area is 150 Å². The molecular formula is C19H29N3O3. The molecule has 0 N–H and O–H groups in total. The van der Waals surface area contributed by atoms with E-state index >= 15 is 0 Å². The minimum absolute atomic E-state index is 0.552. The van der Waals surface area contributed by atoms with Crippen molar-refractivity contribution >= 4 is 16.7 Å². The highest BCUT2D eigenvalue weighted by Gasteiger charge is 2.21. The van der Waals surface area contributed by atoms with Gasteiger partial charge in [0.2, 0.25) is 5.75 Å². The molecule has 0 saturated carbocycles. The van der Waals surface area contributed by atoms with Crippen LogP contribution in [0.5, 0.6) is 17.2 Å². The number of hydrogen-bond acceptors (Lipinski definition) is 6. The molecule has 0 saturated heterocycles. The van der Waals surface area contributed by atoms with Crippen LogP contribution < -0.4 is 19.1 Å². The summed E-state index contributed by atoms with van der Waals surface area (Å²) in [6.45, 7) is 6.35. The van der Waals surface area contributed by atoms with Crippen LogP contribution in [0, 0.1) is 0 Å². The second-order valence-corrected chi connectivity index (χ2v) is 5.93. The Hall–Kier alpha value is -2.24. The van der Waals surface area contributed by atoms with Crippen molar-refractivity contribution in [3.8, 4) is 17.2 Å². The molecule has 2 rings (SSSR count). The molecule has 0 radical (unpaired) electrons. The van der Waals surface area contributed by atoms with Gasteiger partial charge in [-0.1, -0.05) is 26.7 Å². The molecule has 0 fully saturated rings. The molecule has 1 aromatic heterocycles. The number of fused-ring (bicyclic) bond motifs is 1. The molecule has 1 aromatic carbocycles. The number of hydrogen-bond donors (Lipinski definition) is 0. The molecule has 138 valence electrons. The minimum atomic E-state index is 0.552. The topological polar surface area (TPSA) is 56.7 Å². The van der Waals surface area contributed by atoms with Crippen molar-refractivity contribution in [2.75, 3.05) is 39.3 Å². The quantitative estimate of drug-likeness (QED) is 0.646. The highest BCUT2D eigenvalue weighted by Crippen LogP contribution is 2.44. The number of unbranched alkanes of at least 4 members (excludes halogenated alkanes) is 2. The smallest absolute Gasteiger partial charge is 0.205 e. The summed E-state index contributed by atoms with van der Waals surface area (Å²) in [7, 11) is 4.84. The highest BCUT2D eigenvalue weighted by molar-refractivity contribution is 5.97. The van der Waals surface area contributed by atoms with Crippen LogP contribution in [-0.4, -0.2) is 44.4 Å². The molecule has 0 bridgehead atoms. The number of benzene rings is 1. The fraction of sp³-hybridized carbons (Fsp3) is 0.579. The third-order valence-corrected chi connectivity index (χ3v) is 4.27. The Morgan fingerprint density at radius 1 is 0.880 bits per heavy atom. The molecule has 0 spiro atoms. The first kappa shape index (κ1) is 19.1. The minimum Gasteiger partial charge on any atom is -0.493 e. The van der Waals surface area contributed by atoms with E-state index in [1.165, 1.54) is 0 Å². The van der Waals surface area contributed by atoms with Crippen LogP contribution in [-0.2, 0) is 0 Å². The SMILES string of the molecule is CCCCN(CCCC)c1ncnc2c(OC)c(OC)c(OC)cc12. The number of ether oxygens (including phenoxy) is 3. The summed E-state index contributed by atoms with van der Waals surface area (Å²) in [5, 5.41) is 0.921. The van der Waals surface area contributed by atoms with Gasteiger partial charge in [0.15, 0.2) is 11.5 Å². The molecule has 0 amide bonds. The van der Waals surface area contributed by atoms with Crippen molar-refractivity contribution in [2.45, 2.75) is 39.5 Å². The van der Waals surface area contributed by atoms with Crippen molar-refractivity contribution < 1.29 is 14.2 Å². The van der Waals surface area contributed by atoms with Crippen LogP contribution in [0.3, 0.4) is 0 Å². The molecule has 0 aliphatic rings. The van der Waals surface area contributed by atoms with Gasteiger partial charge in [0.05, 0.1) is 26.7 Å². The largest absolute Gasteiger partial charge is 0.493 e. The lowest BCUT2D eigenvalue weighted by Crippen LogP contribution is -2.27. The van der Waals surface area contributed by atoms with Gasteiger partial charge in [-0.25, -0.2) is 9.97 Å². The van der Waals surface area contributed by atoms with Crippen molar-refractivity contribution in [2.24, 2.45) is 0 Å². The van der Waals surface area contributed by atoms with E-state index in [9.17, 15) is 0 Å². The zero-order chi connectivity index (χ0) is 18.2. The van der Waals surface area contributed by atoms with Gasteiger partial charge in [-0.05, 0) is 18.9 Å². The van der Waals surface area contributed by atoms with Gasteiger partial charge in [-0.15, -0.1) is 0 Å². The van der Waals surface area contributed by atoms with Crippen LogP contribution in [0.15, 0.2) is 12.4 Å². The molecule has 0 unspecified atom stereocenters. The molecule has 6 nitrogen and oxygen atoms in total. The fourth-order valence-electron chi connectivity index (χ4n) is 2.92. The van der Waals surface area contributed by atoms with E-state index < -0.39 is 0 Å². The lowest BCUT2D eigenvalue weighted by atomic mass is 10.1. The van der Waals surface area contributed by atoms with Crippen LogP contribution in [0.2, 0.25) is 0 Å². The van der Waals surface area contributed by atoms with Gasteiger partial charge in [0.1, 0.15) is 17.7 Å². The first-order valence-electron chi connectivity index (χ1n) is 8.90. The molecule has 0 aliphatic carbocycles. The highest BCUT2D eigenvalue weighted by atomic mass is 16.5. The van der Waals surface area contributed by atoms with Crippen LogP contribution in [0.1, 0.15) is 39.5 Å². The third-order valence-electron chi connectivity index (χ3n) is 4.27. The van der Waals surface area contributed by atoms with E-state index in [2.05, 4.69) is 28.7 Å². The lowest BCUT2D eigenvalue weighted by molar-refractivity contribution is 0.327. The van der Waals surface area contributed by atoms with Crippen LogP contribution in [0.4, 0.5) is 5.82 Å². The first-order valence-corrected chi connectivity index (χ1v) is 8.90. The Morgan fingerprint density at radius 2 is 1.52 bits per heavy atom. The van der Waals surface area contributed by atoms with E-state index in [-0.39, 0.29) is 0 Å². The second-order valence-electron chi connectivity index (χ2n) is 5.93. The normalized spacial score (nSPS) is 10.8. The Bertz CT molecular complexity index is 683. The summed E-state index contributed by atoms with van der Waals surface area (Å²) >= 11 is 0. The molecule has 25 heavy (non-hydrogen) atoms. The summed E-state index contributed by atoms with van der Waals surface area (Å²) in [4.78, 5) is 11.4. The maximum atomic E-state index is 5.58. The predicted molar refractivity (Wildman–Crippen MR) is 101 cm³/mol. The maximum absolute atomic E-state index is 5.58. The first-order chi connectivity index (χ1) is 12.2. The van der Waals surface area contributed by atoms with E-state index in [4.69, 9.17) is 14.2 Å². The van der Waals surface area contributed by atoms with Crippen molar-refractivity contribution in [1.29, 1.82) is 0 Å². The molecule has 1 heterocycles. The number of methoxy groups -OCH3 is 3. The van der Waals surface area contributed by atoms with E-state index in [0.717, 1.165) is 55.5 Å². The summed E-state index contributed by atoms with van der Waals surface area (Å²) in [6.07, 6.45) is 6.13. The molecule has 2 aromatic rings. The maximum Gasteiger partial charge on any atom is 0.205 e. The molecule has 6 heteroatoms. The van der Waals surface area contributed by atoms with Crippen LogP contribution in [0.25, 0.3) is 10.9 Å². The van der Waals surface area contributed by atoms with Gasteiger partial charge < -0.3 is 19.1 Å². The van der Waals surface area contributed by atoms with E-state index in [1.807, 2.05) is 6.07 Å². The van der Waals surface area contributed by atoms with Crippen LogP contribution >= 0.6 is 0 Å². The lowest BCUT2D eigenvalue weighted by Gasteiger charge is -2.25. The average Bonchev–Trinajstić information content (AvgIpc) is 2.66. The fourth-order valence-corrected chi connectivity index (χ4v) is 2.92. The van der Waals surface area contributed by atoms with Gasteiger partial charge >= 0.3 is 0 Å². The zero-order valence-corrected chi connectivity index (χ0v) is 16.0. The molecule has 0 atom stereocenters. The van der Waals surface area contributed by atoms with Gasteiger partial charge in [-0.2, -0.15) is 0 Å². The standard InChI is InChI=1S/C19H29N3O3/c1-6-8-10-22(11-9-7-2)19-14-12-15(23-3)17(24-4)18(25-5)16(14)20-13-21-19/h12-13H,6-11H2,1-5H3. The third kappa shape index (κ3) is 4.06. The number of nitrogens with zero attached hydrogens (tertiary/aromatic N) is 3. The van der Waals surface area contributed by atoms with Gasteiger partial charge in [-0.3, -0.25) is 0 Å². The summed E-state index contributed by atoms with van der Waals surface area (Å²) in [5.41, 5.74) is 0.739. The summed E-state index contributed by atoms with van der Waals surface area (Å²) in [5.74, 6) is 2.67. The monoisotopic (exact) mass is 347 g/mol. The van der Waals surface area contributed by atoms with Crippen molar-refractivity contribution in [3.05, 3.63) is 12.4 Å². The van der Waals surface area contributed by atoms with Gasteiger partial charge in [0.25, 0.3) is 0 Å². The van der Waals surface area contributed by atoms with Crippen molar-refractivity contribution in [3.63, 3.8) is 0 Å². The van der Waals surface area contributed by atoms with E-state index in [0.29, 0.717) is 17.2 Å². The summed E-state index contributed by atoms with van der Waals surface area (Å²) < 4.78 is 16.6.